The van der Waals surface area contributed by atoms with Gasteiger partial charge in [0.15, 0.2) is 5.82 Å². The van der Waals surface area contributed by atoms with Crippen molar-refractivity contribution >= 4 is 17.6 Å². The first kappa shape index (κ1) is 16.1. The highest BCUT2D eigenvalue weighted by Crippen LogP contribution is 2.27. The maximum absolute atomic E-state index is 4.62. The molecule has 7 nitrogen and oxygen atoms in total. The molecule has 4 rings (SSSR count). The van der Waals surface area contributed by atoms with E-state index in [0.29, 0.717) is 6.04 Å². The molecule has 0 bridgehead atoms. The number of nitrogens with zero attached hydrogens (tertiary/aromatic N) is 7. The van der Waals surface area contributed by atoms with Gasteiger partial charge in [0.25, 0.3) is 0 Å². The number of hydrogen-bond donors (Lipinski definition) is 0. The van der Waals surface area contributed by atoms with E-state index in [4.69, 9.17) is 0 Å². The van der Waals surface area contributed by atoms with Gasteiger partial charge < -0.3 is 14.7 Å². The van der Waals surface area contributed by atoms with Crippen LogP contribution in [0.3, 0.4) is 0 Å². The summed E-state index contributed by atoms with van der Waals surface area (Å²) in [5.74, 6) is 2.71. The molecule has 0 spiro atoms. The first-order chi connectivity index (χ1) is 12.1. The van der Waals surface area contributed by atoms with Gasteiger partial charge in [-0.1, -0.05) is 0 Å². The van der Waals surface area contributed by atoms with E-state index in [1.165, 1.54) is 24.1 Å². The van der Waals surface area contributed by atoms with Crippen molar-refractivity contribution in [2.45, 2.75) is 31.7 Å². The summed E-state index contributed by atoms with van der Waals surface area (Å²) in [6, 6.07) is 4.64. The van der Waals surface area contributed by atoms with Crippen LogP contribution in [0.1, 0.15) is 24.1 Å². The van der Waals surface area contributed by atoms with Gasteiger partial charge in [-0.25, -0.2) is 4.98 Å². The zero-order valence-electron chi connectivity index (χ0n) is 15.2. The molecule has 2 aromatic heterocycles. The molecule has 0 atom stereocenters. The smallest absolute Gasteiger partial charge is 0.226 e. The van der Waals surface area contributed by atoms with Crippen LogP contribution in [-0.2, 0) is 12.8 Å². The van der Waals surface area contributed by atoms with Crippen LogP contribution in [0.5, 0.6) is 0 Å². The number of likely N-dealkylation sites (N-methyl/N-ethyl adjacent to an activating group) is 1. The maximum atomic E-state index is 4.62. The Morgan fingerprint density at radius 3 is 2.68 bits per heavy atom. The summed E-state index contributed by atoms with van der Waals surface area (Å²) in [6.45, 7) is 1.90. The van der Waals surface area contributed by atoms with Crippen molar-refractivity contribution in [3.63, 3.8) is 0 Å². The molecule has 0 unspecified atom stereocenters. The zero-order chi connectivity index (χ0) is 17.4. The molecule has 1 saturated heterocycles. The first-order valence-electron chi connectivity index (χ1n) is 8.95. The minimum Gasteiger partial charge on any atom is -0.353 e. The van der Waals surface area contributed by atoms with Gasteiger partial charge in [0.05, 0.1) is 11.7 Å². The van der Waals surface area contributed by atoms with E-state index in [1.54, 1.807) is 0 Å². The fourth-order valence-electron chi connectivity index (χ4n) is 3.46. The molecule has 3 heterocycles. The molecule has 0 radical (unpaired) electrons. The van der Waals surface area contributed by atoms with Crippen LogP contribution in [0.15, 0.2) is 18.3 Å². The Morgan fingerprint density at radius 2 is 1.88 bits per heavy atom. The monoisotopic (exact) mass is 339 g/mol. The van der Waals surface area contributed by atoms with Gasteiger partial charge in [0.1, 0.15) is 5.82 Å². The lowest BCUT2D eigenvalue weighted by atomic mass is 9.96. The second kappa shape index (κ2) is 6.46. The summed E-state index contributed by atoms with van der Waals surface area (Å²) >= 11 is 0. The maximum Gasteiger partial charge on any atom is 0.226 e. The highest BCUT2D eigenvalue weighted by atomic mass is 15.4. The average Bonchev–Trinajstić information content (AvgIpc) is 2.60. The molecular formula is C18H25N7. The molecule has 0 aromatic carbocycles. The second-order valence-corrected chi connectivity index (χ2v) is 7.16. The molecule has 2 aliphatic rings. The fraction of sp³-hybridized carbons (Fsp3) is 0.556. The van der Waals surface area contributed by atoms with E-state index < -0.39 is 0 Å². The third-order valence-corrected chi connectivity index (χ3v) is 5.18. The SMILES string of the molecule is CN(C)c1nccc(N(C)C2CN(c3cc4c(nn3)CCCC4)C2)n1. The number of rotatable bonds is 4. The molecule has 1 aliphatic carbocycles. The Bertz CT molecular complexity index is 755. The van der Waals surface area contributed by atoms with Crippen molar-refractivity contribution in [3.05, 3.63) is 29.6 Å². The number of aryl methyl sites for hydroxylation is 2. The van der Waals surface area contributed by atoms with Crippen molar-refractivity contribution < 1.29 is 0 Å². The lowest BCUT2D eigenvalue weighted by Crippen LogP contribution is -2.59. The third-order valence-electron chi connectivity index (χ3n) is 5.18. The molecule has 2 aromatic rings. The van der Waals surface area contributed by atoms with Gasteiger partial charge in [0.2, 0.25) is 5.95 Å². The average molecular weight is 339 g/mol. The number of aromatic nitrogens is 4. The van der Waals surface area contributed by atoms with Crippen LogP contribution in [0, 0.1) is 0 Å². The minimum atomic E-state index is 0.433. The quantitative estimate of drug-likeness (QED) is 0.837. The van der Waals surface area contributed by atoms with Crippen LogP contribution >= 0.6 is 0 Å². The summed E-state index contributed by atoms with van der Waals surface area (Å²) in [7, 11) is 6.01. The highest BCUT2D eigenvalue weighted by Gasteiger charge is 2.32. The van der Waals surface area contributed by atoms with E-state index in [2.05, 4.69) is 43.1 Å². The van der Waals surface area contributed by atoms with Crippen molar-refractivity contribution in [2.75, 3.05) is 48.9 Å². The summed E-state index contributed by atoms with van der Waals surface area (Å²) in [5, 5.41) is 8.89. The van der Waals surface area contributed by atoms with Crippen molar-refractivity contribution in [1.82, 2.24) is 20.2 Å². The van der Waals surface area contributed by atoms with E-state index in [1.807, 2.05) is 31.3 Å². The molecule has 1 fully saturated rings. The molecule has 0 N–H and O–H groups in total. The molecule has 0 saturated carbocycles. The predicted octanol–water partition coefficient (Wildman–Crippen LogP) is 1.54. The van der Waals surface area contributed by atoms with Gasteiger partial charge >= 0.3 is 0 Å². The van der Waals surface area contributed by atoms with Crippen molar-refractivity contribution in [2.24, 2.45) is 0 Å². The molecule has 0 amide bonds. The van der Waals surface area contributed by atoms with E-state index >= 15 is 0 Å². The number of hydrogen-bond acceptors (Lipinski definition) is 7. The van der Waals surface area contributed by atoms with Gasteiger partial charge in [-0.3, -0.25) is 0 Å². The summed E-state index contributed by atoms with van der Waals surface area (Å²) in [5.41, 5.74) is 2.58. The Balaban J connectivity index is 1.42. The fourth-order valence-corrected chi connectivity index (χ4v) is 3.46. The molecule has 1 aliphatic heterocycles. The topological polar surface area (TPSA) is 61.3 Å². The van der Waals surface area contributed by atoms with E-state index in [9.17, 15) is 0 Å². The van der Waals surface area contributed by atoms with Crippen LogP contribution in [-0.4, -0.2) is 60.4 Å². The largest absolute Gasteiger partial charge is 0.353 e. The van der Waals surface area contributed by atoms with Gasteiger partial charge in [-0.2, -0.15) is 10.1 Å². The van der Waals surface area contributed by atoms with Crippen molar-refractivity contribution in [1.29, 1.82) is 0 Å². The van der Waals surface area contributed by atoms with Crippen LogP contribution < -0.4 is 14.7 Å². The minimum absolute atomic E-state index is 0.433. The lowest BCUT2D eigenvalue weighted by Gasteiger charge is -2.45. The van der Waals surface area contributed by atoms with Crippen LogP contribution in [0.2, 0.25) is 0 Å². The van der Waals surface area contributed by atoms with Crippen molar-refractivity contribution in [3.8, 4) is 0 Å². The third kappa shape index (κ3) is 3.10. The molecule has 7 heteroatoms. The number of anilines is 3. The van der Waals surface area contributed by atoms with Gasteiger partial charge in [-0.05, 0) is 43.4 Å². The lowest BCUT2D eigenvalue weighted by molar-refractivity contribution is 0.486. The molecular weight excluding hydrogens is 314 g/mol. The summed E-state index contributed by atoms with van der Waals surface area (Å²) in [6.07, 6.45) is 6.55. The summed E-state index contributed by atoms with van der Waals surface area (Å²) in [4.78, 5) is 15.4. The van der Waals surface area contributed by atoms with Crippen LogP contribution in [0.25, 0.3) is 0 Å². The van der Waals surface area contributed by atoms with Crippen LogP contribution in [0.4, 0.5) is 17.6 Å². The normalized spacial score (nSPS) is 17.0. The Kier molecular flexibility index (Phi) is 4.15. The number of fused-ring (bicyclic) bond motifs is 1. The second-order valence-electron chi connectivity index (χ2n) is 7.16. The van der Waals surface area contributed by atoms with Gasteiger partial charge in [-0.15, -0.1) is 5.10 Å². The molecule has 132 valence electrons. The van der Waals surface area contributed by atoms with Gasteiger partial charge in [0, 0.05) is 40.4 Å². The van der Waals surface area contributed by atoms with E-state index in [0.717, 1.165) is 43.5 Å². The Labute approximate surface area is 148 Å². The molecule has 25 heavy (non-hydrogen) atoms. The summed E-state index contributed by atoms with van der Waals surface area (Å²) < 4.78 is 0. The Morgan fingerprint density at radius 1 is 1.08 bits per heavy atom. The Hall–Kier alpha value is -2.44. The zero-order valence-corrected chi connectivity index (χ0v) is 15.2. The predicted molar refractivity (Wildman–Crippen MR) is 99.4 cm³/mol. The first-order valence-corrected chi connectivity index (χ1v) is 8.95. The standard InChI is InChI=1S/C18H25N7/c1-23(2)18-19-9-8-16(20-18)24(3)14-11-25(12-14)17-10-13-6-4-5-7-15(13)21-22-17/h8-10,14H,4-7,11-12H2,1-3H3. The van der Waals surface area contributed by atoms with E-state index in [-0.39, 0.29) is 0 Å². The highest BCUT2D eigenvalue weighted by molar-refractivity contribution is 5.50.